The zero-order valence-corrected chi connectivity index (χ0v) is 15.7. The van der Waals surface area contributed by atoms with E-state index in [4.69, 9.17) is 4.74 Å². The number of amides is 2. The number of esters is 1. The molecule has 2 rings (SSSR count). The number of benzene rings is 1. The first-order valence-electron chi connectivity index (χ1n) is 8.79. The van der Waals surface area contributed by atoms with Crippen molar-refractivity contribution in [3.63, 3.8) is 0 Å². The van der Waals surface area contributed by atoms with Gasteiger partial charge in [0.1, 0.15) is 5.60 Å². The number of nitrogens with one attached hydrogen (secondary N) is 1. The summed E-state index contributed by atoms with van der Waals surface area (Å²) < 4.78 is 5.38. The average Bonchev–Trinajstić information content (AvgIpc) is 2.72. The second-order valence-corrected chi connectivity index (χ2v) is 7.49. The molecule has 0 radical (unpaired) electrons. The van der Waals surface area contributed by atoms with Crippen molar-refractivity contribution in [2.75, 3.05) is 38.5 Å². The zero-order valence-electron chi connectivity index (χ0n) is 15.7. The van der Waals surface area contributed by atoms with Gasteiger partial charge in [-0.2, -0.15) is 0 Å². The van der Waals surface area contributed by atoms with Crippen molar-refractivity contribution in [1.29, 1.82) is 0 Å². The minimum atomic E-state index is -0.520. The average molecular weight is 347 g/mol. The molecule has 2 amide bonds. The number of urea groups is 1. The molecule has 0 unspecified atom stereocenters. The van der Waals surface area contributed by atoms with Gasteiger partial charge in [0.05, 0.1) is 6.42 Å². The number of nitrogens with zero attached hydrogens (tertiary/aromatic N) is 2. The van der Waals surface area contributed by atoms with Crippen molar-refractivity contribution in [3.05, 3.63) is 29.8 Å². The second-order valence-electron chi connectivity index (χ2n) is 7.49. The van der Waals surface area contributed by atoms with Crippen LogP contribution in [0.5, 0.6) is 0 Å². The Kier molecular flexibility index (Phi) is 6.42. The standard InChI is InChI=1S/C19H29N3O3/c1-19(2,3)25-17(23)14-15-8-5-6-9-16(15)20-18(24)22-11-7-10-21(4)12-13-22/h5-6,8-9H,7,10-14H2,1-4H3,(H,20,24). The number of anilines is 1. The highest BCUT2D eigenvalue weighted by molar-refractivity contribution is 5.91. The van der Waals surface area contributed by atoms with Crippen LogP contribution in [0.25, 0.3) is 0 Å². The van der Waals surface area contributed by atoms with Crippen molar-refractivity contribution in [2.45, 2.75) is 39.2 Å². The first-order valence-corrected chi connectivity index (χ1v) is 8.79. The molecule has 0 aromatic heterocycles. The number of hydrogen-bond acceptors (Lipinski definition) is 4. The minimum Gasteiger partial charge on any atom is -0.460 e. The molecule has 138 valence electrons. The third-order valence-corrected chi connectivity index (χ3v) is 4.02. The van der Waals surface area contributed by atoms with Crippen molar-refractivity contribution in [3.8, 4) is 0 Å². The van der Waals surface area contributed by atoms with Gasteiger partial charge >= 0.3 is 12.0 Å². The van der Waals surface area contributed by atoms with Gasteiger partial charge in [-0.1, -0.05) is 18.2 Å². The molecule has 1 N–H and O–H groups in total. The third kappa shape index (κ3) is 6.38. The SMILES string of the molecule is CN1CCCN(C(=O)Nc2ccccc2CC(=O)OC(C)(C)C)CC1. The molecule has 1 fully saturated rings. The van der Waals surface area contributed by atoms with E-state index in [0.29, 0.717) is 12.2 Å². The van der Waals surface area contributed by atoms with Crippen LogP contribution in [0, 0.1) is 0 Å². The predicted molar refractivity (Wildman–Crippen MR) is 98.7 cm³/mol. The van der Waals surface area contributed by atoms with Crippen LogP contribution in [-0.2, 0) is 16.0 Å². The second kappa shape index (κ2) is 8.34. The molecule has 1 aromatic rings. The Labute approximate surface area is 150 Å². The smallest absolute Gasteiger partial charge is 0.321 e. The van der Waals surface area contributed by atoms with E-state index < -0.39 is 5.60 Å². The highest BCUT2D eigenvalue weighted by Crippen LogP contribution is 2.18. The van der Waals surface area contributed by atoms with E-state index in [1.54, 1.807) is 0 Å². The molecule has 25 heavy (non-hydrogen) atoms. The highest BCUT2D eigenvalue weighted by atomic mass is 16.6. The van der Waals surface area contributed by atoms with E-state index in [9.17, 15) is 9.59 Å². The van der Waals surface area contributed by atoms with Crippen molar-refractivity contribution in [1.82, 2.24) is 9.80 Å². The first-order chi connectivity index (χ1) is 11.7. The van der Waals surface area contributed by atoms with Crippen LogP contribution in [0.3, 0.4) is 0 Å². The van der Waals surface area contributed by atoms with E-state index >= 15 is 0 Å². The Bertz CT molecular complexity index is 610. The Morgan fingerprint density at radius 2 is 1.84 bits per heavy atom. The lowest BCUT2D eigenvalue weighted by Gasteiger charge is -2.22. The maximum Gasteiger partial charge on any atom is 0.321 e. The molecule has 1 aliphatic heterocycles. The van der Waals surface area contributed by atoms with Crippen molar-refractivity contribution < 1.29 is 14.3 Å². The maximum atomic E-state index is 12.6. The molecule has 0 saturated carbocycles. The van der Waals surface area contributed by atoms with E-state index in [1.807, 2.05) is 49.9 Å². The molecule has 6 nitrogen and oxygen atoms in total. The van der Waals surface area contributed by atoms with Gasteiger partial charge in [0.2, 0.25) is 0 Å². The van der Waals surface area contributed by atoms with Gasteiger partial charge in [-0.05, 0) is 52.4 Å². The zero-order chi connectivity index (χ0) is 18.4. The summed E-state index contributed by atoms with van der Waals surface area (Å²) in [6.45, 7) is 8.84. The van der Waals surface area contributed by atoms with Crippen LogP contribution < -0.4 is 5.32 Å². The fraction of sp³-hybridized carbons (Fsp3) is 0.579. The third-order valence-electron chi connectivity index (χ3n) is 4.02. The van der Waals surface area contributed by atoms with Crippen LogP contribution in [0.1, 0.15) is 32.8 Å². The summed E-state index contributed by atoms with van der Waals surface area (Å²) in [5.41, 5.74) is 0.904. The van der Waals surface area contributed by atoms with Crippen molar-refractivity contribution >= 4 is 17.7 Å². The molecule has 1 aromatic carbocycles. The summed E-state index contributed by atoms with van der Waals surface area (Å²) in [5.74, 6) is -0.300. The fourth-order valence-electron chi connectivity index (χ4n) is 2.77. The van der Waals surface area contributed by atoms with Crippen LogP contribution >= 0.6 is 0 Å². The Morgan fingerprint density at radius 1 is 1.12 bits per heavy atom. The number of carbonyl (C=O) groups is 2. The summed E-state index contributed by atoms with van der Waals surface area (Å²) in [5, 5.41) is 2.95. The van der Waals surface area contributed by atoms with Gasteiger partial charge < -0.3 is 19.9 Å². The quantitative estimate of drug-likeness (QED) is 0.854. The Morgan fingerprint density at radius 3 is 2.56 bits per heavy atom. The molecule has 0 aliphatic carbocycles. The lowest BCUT2D eigenvalue weighted by Crippen LogP contribution is -2.37. The molecular formula is C19H29N3O3. The molecule has 6 heteroatoms. The fourth-order valence-corrected chi connectivity index (χ4v) is 2.77. The van der Waals surface area contributed by atoms with Crippen LogP contribution in [0.2, 0.25) is 0 Å². The lowest BCUT2D eigenvalue weighted by molar-refractivity contribution is -0.153. The number of likely N-dealkylation sites (N-methyl/N-ethyl adjacent to an activating group) is 1. The van der Waals surface area contributed by atoms with Gasteiger partial charge in [-0.3, -0.25) is 4.79 Å². The van der Waals surface area contributed by atoms with Crippen LogP contribution in [0.15, 0.2) is 24.3 Å². The Balaban J connectivity index is 2.02. The van der Waals surface area contributed by atoms with Gasteiger partial charge in [0.25, 0.3) is 0 Å². The molecule has 1 saturated heterocycles. The topological polar surface area (TPSA) is 61.9 Å². The normalized spacial score (nSPS) is 16.2. The van der Waals surface area contributed by atoms with Gasteiger partial charge in [-0.15, -0.1) is 0 Å². The molecular weight excluding hydrogens is 318 g/mol. The van der Waals surface area contributed by atoms with Gasteiger partial charge in [0, 0.05) is 25.3 Å². The minimum absolute atomic E-state index is 0.119. The highest BCUT2D eigenvalue weighted by Gasteiger charge is 2.20. The lowest BCUT2D eigenvalue weighted by atomic mass is 10.1. The van der Waals surface area contributed by atoms with E-state index in [0.717, 1.165) is 31.6 Å². The molecule has 1 aliphatic rings. The number of carbonyl (C=O) groups excluding carboxylic acids is 2. The number of para-hydroxylation sites is 1. The van der Waals surface area contributed by atoms with Crippen molar-refractivity contribution in [2.24, 2.45) is 0 Å². The van der Waals surface area contributed by atoms with Gasteiger partial charge in [-0.25, -0.2) is 4.79 Å². The van der Waals surface area contributed by atoms with Crippen LogP contribution in [0.4, 0.5) is 10.5 Å². The number of ether oxygens (including phenoxy) is 1. The maximum absolute atomic E-state index is 12.6. The van der Waals surface area contributed by atoms with Gasteiger partial charge in [0.15, 0.2) is 0 Å². The molecule has 0 spiro atoms. The molecule has 1 heterocycles. The van der Waals surface area contributed by atoms with E-state index in [-0.39, 0.29) is 18.4 Å². The molecule has 0 atom stereocenters. The largest absolute Gasteiger partial charge is 0.460 e. The van der Waals surface area contributed by atoms with E-state index in [2.05, 4.69) is 17.3 Å². The summed E-state index contributed by atoms with van der Waals surface area (Å²) in [6, 6.07) is 7.25. The number of rotatable bonds is 3. The molecule has 0 bridgehead atoms. The summed E-state index contributed by atoms with van der Waals surface area (Å²) in [4.78, 5) is 28.7. The number of hydrogen-bond donors (Lipinski definition) is 1. The monoisotopic (exact) mass is 347 g/mol. The first kappa shape index (κ1) is 19.2. The van der Waals surface area contributed by atoms with Crippen LogP contribution in [-0.4, -0.2) is 60.6 Å². The van der Waals surface area contributed by atoms with E-state index in [1.165, 1.54) is 0 Å². The summed E-state index contributed by atoms with van der Waals surface area (Å²) >= 11 is 0. The summed E-state index contributed by atoms with van der Waals surface area (Å²) in [6.07, 6.45) is 1.10. The Hall–Kier alpha value is -2.08. The predicted octanol–water partition coefficient (Wildman–Crippen LogP) is 2.74. The summed E-state index contributed by atoms with van der Waals surface area (Å²) in [7, 11) is 2.07.